The van der Waals surface area contributed by atoms with E-state index >= 15 is 0 Å². The predicted octanol–water partition coefficient (Wildman–Crippen LogP) is 12.1. The molecule has 0 radical (unpaired) electrons. The van der Waals surface area contributed by atoms with Crippen LogP contribution in [0.3, 0.4) is 0 Å². The van der Waals surface area contributed by atoms with Crippen LogP contribution in [0.5, 0.6) is 0 Å². The summed E-state index contributed by atoms with van der Waals surface area (Å²) in [7, 11) is 0. The van der Waals surface area contributed by atoms with Crippen molar-refractivity contribution in [1.82, 2.24) is 5.32 Å². The molecular weight excluding hydrogens is 655 g/mol. The molecule has 4 aliphatic carbocycles. The second kappa shape index (κ2) is 26.5. The summed E-state index contributed by atoms with van der Waals surface area (Å²) in [4.78, 5) is 24.4. The zero-order chi connectivity index (χ0) is 38.2. The molecular formula is C48H79NO4. The predicted molar refractivity (Wildman–Crippen MR) is 222 cm³/mol. The highest BCUT2D eigenvalue weighted by Gasteiger charge is 2.50. The molecule has 2 atom stereocenters. The molecule has 5 nitrogen and oxygen atoms in total. The Balaban J connectivity index is 1.13. The van der Waals surface area contributed by atoms with Crippen molar-refractivity contribution in [2.24, 2.45) is 29.1 Å². The summed E-state index contributed by atoms with van der Waals surface area (Å²) < 4.78 is 5.31. The van der Waals surface area contributed by atoms with Crippen LogP contribution in [0.25, 0.3) is 0 Å². The number of ether oxygens (including phenoxy) is 1. The van der Waals surface area contributed by atoms with Gasteiger partial charge in [-0.25, -0.2) is 0 Å². The Morgan fingerprint density at radius 1 is 0.811 bits per heavy atom. The molecule has 4 fully saturated rings. The van der Waals surface area contributed by atoms with E-state index in [4.69, 9.17) is 4.74 Å². The molecule has 53 heavy (non-hydrogen) atoms. The lowest BCUT2D eigenvalue weighted by molar-refractivity contribution is -0.144. The van der Waals surface area contributed by atoms with Crippen molar-refractivity contribution in [1.29, 1.82) is 0 Å². The van der Waals surface area contributed by atoms with Gasteiger partial charge < -0.3 is 15.2 Å². The fraction of sp³-hybridized carbons (Fsp3) is 0.792. The van der Waals surface area contributed by atoms with Crippen LogP contribution in [-0.2, 0) is 14.3 Å². The van der Waals surface area contributed by atoms with Crippen LogP contribution >= 0.6 is 0 Å². The van der Waals surface area contributed by atoms with Crippen molar-refractivity contribution < 1.29 is 19.4 Å². The van der Waals surface area contributed by atoms with Crippen molar-refractivity contribution in [2.75, 3.05) is 13.2 Å². The van der Waals surface area contributed by atoms with Gasteiger partial charge in [0.15, 0.2) is 0 Å². The van der Waals surface area contributed by atoms with E-state index in [0.29, 0.717) is 36.8 Å². The summed E-state index contributed by atoms with van der Waals surface area (Å²) in [5.74, 6) is 8.92. The molecule has 0 aliphatic heterocycles. The molecule has 0 spiro atoms. The molecule has 5 heteroatoms. The summed E-state index contributed by atoms with van der Waals surface area (Å²) in [6.07, 6.45) is 40.2. The Kier molecular flexibility index (Phi) is 22.5. The SMILES string of the molecule is CCCCCCCCCCCCCCCCCC(=O)OCCNC(=O)/C(C)=C/CCC#C/C=C/[C@@H](C)[C@@H](O)/C(C)=C/CCC12CC3CC(CC(C3)C1)C2. The third-order valence-electron chi connectivity index (χ3n) is 12.6. The van der Waals surface area contributed by atoms with Crippen LogP contribution in [0.15, 0.2) is 35.5 Å². The van der Waals surface area contributed by atoms with Gasteiger partial charge >= 0.3 is 5.97 Å². The summed E-state index contributed by atoms with van der Waals surface area (Å²) in [6, 6.07) is 0. The number of carbonyl (C=O) groups is 2. The van der Waals surface area contributed by atoms with E-state index in [-0.39, 0.29) is 24.4 Å². The quantitative estimate of drug-likeness (QED) is 0.0276. The van der Waals surface area contributed by atoms with Crippen molar-refractivity contribution >= 4 is 11.9 Å². The largest absolute Gasteiger partial charge is 0.464 e. The smallest absolute Gasteiger partial charge is 0.305 e. The van der Waals surface area contributed by atoms with Crippen LogP contribution in [0.4, 0.5) is 0 Å². The normalized spacial score (nSPS) is 23.5. The van der Waals surface area contributed by atoms with Gasteiger partial charge in [0.1, 0.15) is 6.61 Å². The zero-order valence-corrected chi connectivity index (χ0v) is 34.7. The molecule has 4 rings (SSSR count). The number of rotatable bonds is 28. The molecule has 0 unspecified atom stereocenters. The summed E-state index contributed by atoms with van der Waals surface area (Å²) in [5, 5.41) is 13.7. The zero-order valence-electron chi connectivity index (χ0n) is 34.7. The van der Waals surface area contributed by atoms with Crippen molar-refractivity contribution in [3.05, 3.63) is 35.5 Å². The second-order valence-corrected chi connectivity index (χ2v) is 17.5. The topological polar surface area (TPSA) is 75.6 Å². The van der Waals surface area contributed by atoms with E-state index in [2.05, 4.69) is 37.1 Å². The van der Waals surface area contributed by atoms with Crippen LogP contribution in [0, 0.1) is 40.9 Å². The Labute approximate surface area is 326 Å². The maximum Gasteiger partial charge on any atom is 0.305 e. The number of hydrogen-bond acceptors (Lipinski definition) is 4. The summed E-state index contributed by atoms with van der Waals surface area (Å²) >= 11 is 0. The highest BCUT2D eigenvalue weighted by molar-refractivity contribution is 5.92. The van der Waals surface area contributed by atoms with Crippen molar-refractivity contribution in [3.63, 3.8) is 0 Å². The molecule has 4 bridgehead atoms. The minimum Gasteiger partial charge on any atom is -0.464 e. The fourth-order valence-electron chi connectivity index (χ4n) is 9.81. The molecule has 1 amide bonds. The van der Waals surface area contributed by atoms with Crippen LogP contribution in [-0.4, -0.2) is 36.2 Å². The minimum atomic E-state index is -0.476. The van der Waals surface area contributed by atoms with Crippen molar-refractivity contribution in [3.8, 4) is 11.8 Å². The molecule has 300 valence electrons. The number of aliphatic hydroxyl groups is 1. The number of amides is 1. The number of carbonyl (C=O) groups excluding carboxylic acids is 2. The minimum absolute atomic E-state index is 0.0131. The van der Waals surface area contributed by atoms with E-state index in [1.165, 1.54) is 128 Å². The van der Waals surface area contributed by atoms with Gasteiger partial charge in [-0.3, -0.25) is 9.59 Å². The lowest BCUT2D eigenvalue weighted by Crippen LogP contribution is -2.45. The Morgan fingerprint density at radius 2 is 1.36 bits per heavy atom. The standard InChI is InChI=1S/C48H79NO4/c1-5-6-7-8-9-10-11-12-13-14-15-16-17-21-24-29-45(50)53-32-31-49-47(52)41(4)27-23-20-18-19-22-26-39(2)46(51)40(3)28-25-30-48-36-42-33-43(37-48)35-44(34-42)38-48/h22,26-28,39,42-44,46,51H,5-17,20-21,23-25,29-38H2,1-4H3,(H,49,52)/b26-22+,40-28+,41-27+/t39-,42?,43?,44?,46-,48?/m1/s1. The monoisotopic (exact) mass is 734 g/mol. The second-order valence-electron chi connectivity index (χ2n) is 17.5. The Morgan fingerprint density at radius 3 is 1.92 bits per heavy atom. The van der Waals surface area contributed by atoms with E-state index in [9.17, 15) is 14.7 Å². The molecule has 4 aliphatic rings. The Hall–Kier alpha value is -2.32. The van der Waals surface area contributed by atoms with Crippen LogP contribution in [0.1, 0.15) is 195 Å². The van der Waals surface area contributed by atoms with E-state index in [0.717, 1.165) is 42.6 Å². The molecule has 0 aromatic rings. The van der Waals surface area contributed by atoms with Gasteiger partial charge in [-0.05, 0) is 113 Å². The molecule has 0 aromatic heterocycles. The van der Waals surface area contributed by atoms with Gasteiger partial charge in [-0.15, -0.1) is 0 Å². The van der Waals surface area contributed by atoms with E-state index < -0.39 is 6.10 Å². The Bertz CT molecular complexity index is 1170. The maximum absolute atomic E-state index is 12.4. The first-order valence-electron chi connectivity index (χ1n) is 22.3. The summed E-state index contributed by atoms with van der Waals surface area (Å²) in [5.41, 5.74) is 2.32. The lowest BCUT2D eigenvalue weighted by atomic mass is 9.48. The van der Waals surface area contributed by atoms with Gasteiger partial charge in [0.2, 0.25) is 5.91 Å². The third kappa shape index (κ3) is 18.7. The molecule has 0 aromatic carbocycles. The number of nitrogens with one attached hydrogen (secondary N) is 1. The van der Waals surface area contributed by atoms with Crippen LogP contribution < -0.4 is 5.32 Å². The van der Waals surface area contributed by atoms with E-state index in [1.807, 2.05) is 25.2 Å². The van der Waals surface area contributed by atoms with Gasteiger partial charge in [0, 0.05) is 24.3 Å². The number of aliphatic hydroxyl groups excluding tert-OH is 1. The number of esters is 1. The van der Waals surface area contributed by atoms with E-state index in [1.54, 1.807) is 6.92 Å². The molecule has 4 saturated carbocycles. The van der Waals surface area contributed by atoms with Gasteiger partial charge in [0.05, 0.1) is 12.6 Å². The molecule has 2 N–H and O–H groups in total. The maximum atomic E-state index is 12.4. The lowest BCUT2D eigenvalue weighted by Gasteiger charge is -2.57. The number of allylic oxidation sites excluding steroid dienone is 3. The molecule has 0 saturated heterocycles. The number of hydrogen-bond donors (Lipinski definition) is 2. The third-order valence-corrected chi connectivity index (χ3v) is 12.6. The van der Waals surface area contributed by atoms with Gasteiger partial charge in [-0.1, -0.05) is 134 Å². The van der Waals surface area contributed by atoms with Gasteiger partial charge in [0.25, 0.3) is 0 Å². The first-order valence-corrected chi connectivity index (χ1v) is 22.3. The highest BCUT2D eigenvalue weighted by atomic mass is 16.5. The summed E-state index contributed by atoms with van der Waals surface area (Å²) in [6.45, 7) is 8.72. The molecule has 0 heterocycles. The first-order chi connectivity index (χ1) is 25.7. The average Bonchev–Trinajstić information content (AvgIpc) is 3.13. The first kappa shape index (κ1) is 45.1. The average molecular weight is 734 g/mol. The van der Waals surface area contributed by atoms with Crippen LogP contribution in [0.2, 0.25) is 0 Å². The number of unbranched alkanes of at least 4 members (excludes halogenated alkanes) is 15. The highest BCUT2D eigenvalue weighted by Crippen LogP contribution is 2.61. The van der Waals surface area contributed by atoms with Gasteiger partial charge in [-0.2, -0.15) is 0 Å². The fourth-order valence-corrected chi connectivity index (χ4v) is 9.81. The van der Waals surface area contributed by atoms with Crippen molar-refractivity contribution in [2.45, 2.75) is 201 Å².